The molecule has 1 N–H and O–H groups in total. The van der Waals surface area contributed by atoms with Gasteiger partial charge < -0.3 is 10.1 Å². The molecule has 6 heteroatoms. The summed E-state index contributed by atoms with van der Waals surface area (Å²) in [4.78, 5) is 38.0. The number of nitrogens with one attached hydrogen (secondary N) is 1. The van der Waals surface area contributed by atoms with Crippen LogP contribution in [0, 0.1) is 11.8 Å². The molecule has 5 nitrogen and oxygen atoms in total. The van der Waals surface area contributed by atoms with Gasteiger partial charge in [-0.05, 0) is 41.0 Å². The van der Waals surface area contributed by atoms with Gasteiger partial charge in [0, 0.05) is 12.7 Å². The van der Waals surface area contributed by atoms with E-state index >= 15 is 0 Å². The predicted molar refractivity (Wildman–Crippen MR) is 150 cm³/mol. The molecule has 37 heavy (non-hydrogen) atoms. The third-order valence-corrected chi connectivity index (χ3v) is 6.91. The first-order chi connectivity index (χ1) is 17.8. The molecule has 0 unspecified atom stereocenters. The number of amides is 1. The van der Waals surface area contributed by atoms with E-state index in [1.165, 1.54) is 6.92 Å². The molecular formula is C31H35NO4S. The summed E-state index contributed by atoms with van der Waals surface area (Å²) < 4.78 is 5.53. The highest BCUT2D eigenvalue weighted by molar-refractivity contribution is 8.13. The first kappa shape index (κ1) is 28.2. The van der Waals surface area contributed by atoms with Crippen molar-refractivity contribution in [3.8, 4) is 11.1 Å². The Morgan fingerprint density at radius 3 is 2.00 bits per heavy atom. The van der Waals surface area contributed by atoms with Crippen molar-refractivity contribution in [2.75, 3.05) is 5.75 Å². The van der Waals surface area contributed by atoms with Crippen molar-refractivity contribution in [3.63, 3.8) is 0 Å². The van der Waals surface area contributed by atoms with E-state index in [0.717, 1.165) is 34.0 Å². The molecule has 0 fully saturated rings. The van der Waals surface area contributed by atoms with Crippen molar-refractivity contribution in [2.24, 2.45) is 11.8 Å². The van der Waals surface area contributed by atoms with Crippen LogP contribution in [0.15, 0.2) is 84.9 Å². The zero-order chi connectivity index (χ0) is 26.6. The standard InChI is InChI=1S/C31H35NO4S/c1-22(2)18-29(31(35)36-20-25-10-6-4-7-11-25)32-30(34)28(21-37-23(3)33)19-24-14-16-27(17-15-24)26-12-8-5-9-13-26/h4-17,22,28-29H,18-21H2,1-3H3,(H,32,34)/t28-,29+/m1/s1. The molecule has 0 aliphatic rings. The lowest BCUT2D eigenvalue weighted by Gasteiger charge is -2.23. The zero-order valence-corrected chi connectivity index (χ0v) is 22.5. The second-order valence-corrected chi connectivity index (χ2v) is 10.7. The van der Waals surface area contributed by atoms with Gasteiger partial charge in [0.05, 0.1) is 5.92 Å². The van der Waals surface area contributed by atoms with Gasteiger partial charge in [-0.25, -0.2) is 4.79 Å². The molecule has 2 atom stereocenters. The summed E-state index contributed by atoms with van der Waals surface area (Å²) in [6.07, 6.45) is 0.937. The lowest BCUT2D eigenvalue weighted by atomic mass is 9.96. The molecule has 0 spiro atoms. The molecule has 0 bridgehead atoms. The monoisotopic (exact) mass is 517 g/mol. The maximum absolute atomic E-state index is 13.4. The highest BCUT2D eigenvalue weighted by Crippen LogP contribution is 2.22. The van der Waals surface area contributed by atoms with Gasteiger partial charge in [0.15, 0.2) is 5.12 Å². The summed E-state index contributed by atoms with van der Waals surface area (Å²) in [6.45, 7) is 5.65. The summed E-state index contributed by atoms with van der Waals surface area (Å²) >= 11 is 1.13. The van der Waals surface area contributed by atoms with Gasteiger partial charge in [0.25, 0.3) is 0 Å². The highest BCUT2D eigenvalue weighted by Gasteiger charge is 2.28. The third-order valence-electron chi connectivity index (χ3n) is 5.93. The fourth-order valence-electron chi connectivity index (χ4n) is 4.00. The van der Waals surface area contributed by atoms with E-state index in [9.17, 15) is 14.4 Å². The van der Waals surface area contributed by atoms with Crippen LogP contribution < -0.4 is 5.32 Å². The average Bonchev–Trinajstić information content (AvgIpc) is 2.90. The maximum atomic E-state index is 13.4. The van der Waals surface area contributed by atoms with E-state index in [2.05, 4.69) is 17.4 Å². The van der Waals surface area contributed by atoms with Gasteiger partial charge in [-0.15, -0.1) is 0 Å². The number of thioether (sulfide) groups is 1. The fraction of sp³-hybridized carbons (Fsp3) is 0.323. The first-order valence-corrected chi connectivity index (χ1v) is 13.6. The van der Waals surface area contributed by atoms with Crippen LogP contribution in [0.3, 0.4) is 0 Å². The first-order valence-electron chi connectivity index (χ1n) is 12.6. The van der Waals surface area contributed by atoms with Crippen molar-refractivity contribution in [1.82, 2.24) is 5.32 Å². The molecule has 3 aromatic rings. The molecule has 0 heterocycles. The van der Waals surface area contributed by atoms with E-state index in [0.29, 0.717) is 18.6 Å². The third kappa shape index (κ3) is 9.54. The molecular weight excluding hydrogens is 482 g/mol. The molecule has 0 saturated carbocycles. The van der Waals surface area contributed by atoms with Crippen molar-refractivity contribution in [2.45, 2.75) is 46.3 Å². The number of benzene rings is 3. The minimum absolute atomic E-state index is 0.0433. The summed E-state index contributed by atoms with van der Waals surface area (Å²) in [5.41, 5.74) is 4.11. The zero-order valence-electron chi connectivity index (χ0n) is 21.7. The number of hydrogen-bond donors (Lipinski definition) is 1. The van der Waals surface area contributed by atoms with E-state index in [-0.39, 0.29) is 23.5 Å². The smallest absolute Gasteiger partial charge is 0.328 e. The van der Waals surface area contributed by atoms with Crippen molar-refractivity contribution < 1.29 is 19.1 Å². The Morgan fingerprint density at radius 2 is 1.41 bits per heavy atom. The van der Waals surface area contributed by atoms with E-state index in [4.69, 9.17) is 4.74 Å². The average molecular weight is 518 g/mol. The van der Waals surface area contributed by atoms with Gasteiger partial charge in [0.2, 0.25) is 5.91 Å². The molecule has 3 aromatic carbocycles. The molecule has 194 valence electrons. The van der Waals surface area contributed by atoms with E-state index in [1.54, 1.807) is 0 Å². The van der Waals surface area contributed by atoms with Gasteiger partial charge in [-0.1, -0.05) is 111 Å². The Labute approximate surface area is 224 Å². The minimum atomic E-state index is -0.749. The number of ether oxygens (including phenoxy) is 1. The number of esters is 1. The summed E-state index contributed by atoms with van der Waals surface area (Å²) in [6, 6.07) is 26.9. The molecule has 3 rings (SSSR count). The van der Waals surface area contributed by atoms with Crippen LogP contribution in [0.25, 0.3) is 11.1 Å². The van der Waals surface area contributed by atoms with Crippen LogP contribution in [0.2, 0.25) is 0 Å². The SMILES string of the molecule is CC(=O)SC[C@@H](Cc1ccc(-c2ccccc2)cc1)C(=O)N[C@@H](CC(C)C)C(=O)OCc1ccccc1. The van der Waals surface area contributed by atoms with E-state index in [1.807, 2.05) is 86.6 Å². The predicted octanol–water partition coefficient (Wildman–Crippen LogP) is 6.07. The quantitative estimate of drug-likeness (QED) is 0.295. The number of hydrogen-bond acceptors (Lipinski definition) is 5. The topological polar surface area (TPSA) is 72.5 Å². The largest absolute Gasteiger partial charge is 0.459 e. The molecule has 0 aliphatic heterocycles. The Morgan fingerprint density at radius 1 is 0.811 bits per heavy atom. The van der Waals surface area contributed by atoms with Crippen LogP contribution in [0.1, 0.15) is 38.3 Å². The minimum Gasteiger partial charge on any atom is -0.459 e. The second kappa shape index (κ2) is 14.4. The van der Waals surface area contributed by atoms with Crippen LogP contribution in [0.5, 0.6) is 0 Å². The van der Waals surface area contributed by atoms with Crippen molar-refractivity contribution in [1.29, 1.82) is 0 Å². The van der Waals surface area contributed by atoms with Gasteiger partial charge in [0.1, 0.15) is 12.6 Å². The molecule has 0 radical (unpaired) electrons. The Bertz CT molecular complexity index is 1150. The van der Waals surface area contributed by atoms with Crippen LogP contribution in [-0.2, 0) is 32.1 Å². The molecule has 1 amide bonds. The normalized spacial score (nSPS) is 12.5. The fourth-order valence-corrected chi connectivity index (χ4v) is 4.70. The summed E-state index contributed by atoms with van der Waals surface area (Å²) in [7, 11) is 0. The molecule has 0 aromatic heterocycles. The van der Waals surface area contributed by atoms with Crippen molar-refractivity contribution >= 4 is 28.8 Å². The highest BCUT2D eigenvalue weighted by atomic mass is 32.2. The van der Waals surface area contributed by atoms with Gasteiger partial charge in [-0.3, -0.25) is 9.59 Å². The summed E-state index contributed by atoms with van der Waals surface area (Å²) in [5, 5.41) is 2.88. The van der Waals surface area contributed by atoms with Crippen LogP contribution in [-0.4, -0.2) is 28.8 Å². The van der Waals surface area contributed by atoms with E-state index < -0.39 is 17.9 Å². The van der Waals surface area contributed by atoms with Crippen molar-refractivity contribution in [3.05, 3.63) is 96.1 Å². The number of carbonyl (C=O) groups excluding carboxylic acids is 3. The number of carbonyl (C=O) groups is 3. The Balaban J connectivity index is 1.69. The summed E-state index contributed by atoms with van der Waals surface area (Å²) in [5.74, 6) is -0.632. The van der Waals surface area contributed by atoms with Gasteiger partial charge >= 0.3 is 5.97 Å². The van der Waals surface area contributed by atoms with Crippen LogP contribution in [0.4, 0.5) is 0 Å². The molecule has 0 aliphatic carbocycles. The Kier molecular flexibility index (Phi) is 11.0. The van der Waals surface area contributed by atoms with Gasteiger partial charge in [-0.2, -0.15) is 0 Å². The second-order valence-electron chi connectivity index (χ2n) is 9.55. The Hall–Kier alpha value is -3.38. The lowest BCUT2D eigenvalue weighted by molar-refractivity contribution is -0.150. The molecule has 0 saturated heterocycles. The number of rotatable bonds is 12. The van der Waals surface area contributed by atoms with Crippen LogP contribution >= 0.6 is 11.8 Å². The lowest BCUT2D eigenvalue weighted by Crippen LogP contribution is -2.46. The maximum Gasteiger partial charge on any atom is 0.328 e.